The number of hydrogen-bond acceptors (Lipinski definition) is 5. The molecule has 2 atom stereocenters. The van der Waals surface area contributed by atoms with Crippen molar-refractivity contribution in [3.05, 3.63) is 53.7 Å². The number of hydrogen-bond donors (Lipinski definition) is 2. The molecule has 8 heteroatoms. The summed E-state index contributed by atoms with van der Waals surface area (Å²) in [6.07, 6.45) is 1.92. The molecule has 1 aliphatic carbocycles. The van der Waals surface area contributed by atoms with E-state index < -0.39 is 29.6 Å². The summed E-state index contributed by atoms with van der Waals surface area (Å²) >= 11 is 0. The fourth-order valence-electron chi connectivity index (χ4n) is 4.68. The van der Waals surface area contributed by atoms with E-state index in [9.17, 15) is 23.8 Å². The molecule has 1 aromatic heterocycles. The van der Waals surface area contributed by atoms with E-state index in [1.54, 1.807) is 12.1 Å². The number of fused-ring (bicyclic) bond motifs is 1. The fraction of sp³-hybridized carbons (Fsp3) is 0.360. The third-order valence-electron chi connectivity index (χ3n) is 6.61. The number of phenols is 1. The Labute approximate surface area is 188 Å². The molecule has 2 aliphatic rings. The van der Waals surface area contributed by atoms with Crippen molar-refractivity contribution in [1.82, 2.24) is 4.98 Å². The van der Waals surface area contributed by atoms with Crippen LogP contribution in [0.1, 0.15) is 37.3 Å². The summed E-state index contributed by atoms with van der Waals surface area (Å²) < 4.78 is 39.4. The minimum atomic E-state index is -0.974. The number of pyridine rings is 1. The van der Waals surface area contributed by atoms with Gasteiger partial charge in [0.25, 0.3) is 0 Å². The van der Waals surface area contributed by atoms with Crippen LogP contribution in [0.3, 0.4) is 0 Å². The van der Waals surface area contributed by atoms with Gasteiger partial charge in [-0.05, 0) is 49.4 Å². The summed E-state index contributed by atoms with van der Waals surface area (Å²) in [5.41, 5.74) is 1.68. The summed E-state index contributed by atoms with van der Waals surface area (Å²) in [4.78, 5) is 16.3. The van der Waals surface area contributed by atoms with Gasteiger partial charge in [-0.1, -0.05) is 18.2 Å². The lowest BCUT2D eigenvalue weighted by Gasteiger charge is -2.34. The lowest BCUT2D eigenvalue weighted by Crippen LogP contribution is -2.41. The largest absolute Gasteiger partial charge is 0.507 e. The molecule has 6 nitrogen and oxygen atoms in total. The quantitative estimate of drug-likeness (QED) is 0.562. The number of aromatic hydroxyl groups is 1. The highest BCUT2D eigenvalue weighted by Gasteiger charge is 2.39. The van der Waals surface area contributed by atoms with E-state index in [1.165, 1.54) is 12.1 Å². The molecule has 172 valence electrons. The summed E-state index contributed by atoms with van der Waals surface area (Å²) in [5.74, 6) is -3.43. The maximum absolute atomic E-state index is 14.2. The third kappa shape index (κ3) is 3.88. The molecular formula is C25H23F2NO5. The second kappa shape index (κ2) is 8.59. The van der Waals surface area contributed by atoms with Crippen molar-refractivity contribution in [3.63, 3.8) is 0 Å². The van der Waals surface area contributed by atoms with Crippen molar-refractivity contribution in [2.45, 2.75) is 37.7 Å². The highest BCUT2D eigenvalue weighted by atomic mass is 19.2. The third-order valence-corrected chi connectivity index (χ3v) is 6.61. The monoisotopic (exact) mass is 455 g/mol. The van der Waals surface area contributed by atoms with Crippen LogP contribution in [0.5, 0.6) is 11.6 Å². The first-order chi connectivity index (χ1) is 15.9. The lowest BCUT2D eigenvalue weighted by molar-refractivity contribution is -0.150. The molecule has 0 radical (unpaired) electrons. The SMILES string of the molecule is O=C(O)C1CCC1Oc1nc(C2CCOCC2)c(-c2ccc(F)c(F)c2)c2cccc(O)c12. The topological polar surface area (TPSA) is 88.9 Å². The first-order valence-corrected chi connectivity index (χ1v) is 11.0. The Morgan fingerprint density at radius 1 is 1.06 bits per heavy atom. The van der Waals surface area contributed by atoms with Gasteiger partial charge >= 0.3 is 5.97 Å². The van der Waals surface area contributed by atoms with Crippen LogP contribution in [0.15, 0.2) is 36.4 Å². The fourth-order valence-corrected chi connectivity index (χ4v) is 4.68. The molecule has 0 amide bonds. The van der Waals surface area contributed by atoms with Crippen molar-refractivity contribution in [2.75, 3.05) is 13.2 Å². The Balaban J connectivity index is 1.73. The highest BCUT2D eigenvalue weighted by molar-refractivity contribution is 6.03. The maximum atomic E-state index is 14.2. The van der Waals surface area contributed by atoms with Gasteiger partial charge in [0.15, 0.2) is 11.6 Å². The zero-order valence-electron chi connectivity index (χ0n) is 17.8. The number of aromatic nitrogens is 1. The van der Waals surface area contributed by atoms with E-state index >= 15 is 0 Å². The predicted octanol–water partition coefficient (Wildman–Crippen LogP) is 5.02. The highest BCUT2D eigenvalue weighted by Crippen LogP contribution is 2.45. The van der Waals surface area contributed by atoms with Gasteiger partial charge in [0.05, 0.1) is 17.0 Å². The van der Waals surface area contributed by atoms with Gasteiger partial charge in [0.1, 0.15) is 11.9 Å². The van der Waals surface area contributed by atoms with E-state index in [4.69, 9.17) is 14.5 Å². The molecular weight excluding hydrogens is 432 g/mol. The zero-order valence-corrected chi connectivity index (χ0v) is 17.8. The average molecular weight is 455 g/mol. The van der Waals surface area contributed by atoms with Crippen molar-refractivity contribution in [1.29, 1.82) is 0 Å². The van der Waals surface area contributed by atoms with Crippen LogP contribution in [0, 0.1) is 17.6 Å². The first kappa shape index (κ1) is 21.6. The van der Waals surface area contributed by atoms with E-state index in [2.05, 4.69) is 0 Å². The Bertz CT molecular complexity index is 1230. The Hall–Kier alpha value is -3.26. The Morgan fingerprint density at radius 2 is 1.85 bits per heavy atom. The minimum Gasteiger partial charge on any atom is -0.507 e. The van der Waals surface area contributed by atoms with Gasteiger partial charge in [-0.2, -0.15) is 0 Å². The zero-order chi connectivity index (χ0) is 23.1. The van der Waals surface area contributed by atoms with Crippen LogP contribution >= 0.6 is 0 Å². The smallest absolute Gasteiger partial charge is 0.310 e. The van der Waals surface area contributed by atoms with Crippen LogP contribution in [-0.2, 0) is 9.53 Å². The second-order valence-corrected chi connectivity index (χ2v) is 8.57. The van der Waals surface area contributed by atoms with E-state index in [-0.39, 0.29) is 17.5 Å². The molecule has 3 aromatic rings. The lowest BCUT2D eigenvalue weighted by atomic mass is 9.82. The van der Waals surface area contributed by atoms with Gasteiger partial charge < -0.3 is 19.7 Å². The molecule has 2 unspecified atom stereocenters. The van der Waals surface area contributed by atoms with Gasteiger partial charge in [-0.15, -0.1) is 0 Å². The number of nitrogens with zero attached hydrogens (tertiary/aromatic N) is 1. The maximum Gasteiger partial charge on any atom is 0.310 e. The number of carbonyl (C=O) groups is 1. The molecule has 1 aliphatic heterocycles. The molecule has 2 aromatic carbocycles. The van der Waals surface area contributed by atoms with E-state index in [1.807, 2.05) is 0 Å². The Kier molecular flexibility index (Phi) is 5.62. The number of aliphatic carboxylic acids is 1. The summed E-state index contributed by atoms with van der Waals surface area (Å²) in [5, 5.41) is 21.0. The number of carboxylic acid groups (broad SMARTS) is 1. The number of phenolic OH excluding ortho intramolecular Hbond substituents is 1. The van der Waals surface area contributed by atoms with Gasteiger partial charge in [-0.3, -0.25) is 4.79 Å². The molecule has 5 rings (SSSR count). The number of rotatable bonds is 5. The van der Waals surface area contributed by atoms with E-state index in [0.717, 1.165) is 12.1 Å². The van der Waals surface area contributed by atoms with Crippen molar-refractivity contribution in [3.8, 4) is 22.8 Å². The minimum absolute atomic E-state index is 0.0207. The number of ether oxygens (including phenoxy) is 2. The van der Waals surface area contributed by atoms with Crippen LogP contribution < -0.4 is 4.74 Å². The van der Waals surface area contributed by atoms with Crippen LogP contribution in [-0.4, -0.2) is 40.5 Å². The molecule has 1 saturated carbocycles. The van der Waals surface area contributed by atoms with Crippen LogP contribution in [0.25, 0.3) is 21.9 Å². The van der Waals surface area contributed by atoms with Crippen LogP contribution in [0.4, 0.5) is 8.78 Å². The summed E-state index contributed by atoms with van der Waals surface area (Å²) in [7, 11) is 0. The summed E-state index contributed by atoms with van der Waals surface area (Å²) in [6, 6.07) is 8.64. The molecule has 2 fully saturated rings. The molecule has 0 bridgehead atoms. The predicted molar refractivity (Wildman–Crippen MR) is 116 cm³/mol. The Morgan fingerprint density at radius 3 is 2.52 bits per heavy atom. The molecule has 33 heavy (non-hydrogen) atoms. The first-order valence-electron chi connectivity index (χ1n) is 11.0. The van der Waals surface area contributed by atoms with Crippen molar-refractivity contribution in [2.24, 2.45) is 5.92 Å². The van der Waals surface area contributed by atoms with Crippen molar-refractivity contribution >= 4 is 16.7 Å². The average Bonchev–Trinajstić information content (AvgIpc) is 2.78. The number of halogens is 2. The van der Waals surface area contributed by atoms with E-state index in [0.29, 0.717) is 66.5 Å². The molecule has 2 heterocycles. The van der Waals surface area contributed by atoms with Crippen LogP contribution in [0.2, 0.25) is 0 Å². The normalized spacial score (nSPS) is 21.0. The van der Waals surface area contributed by atoms with Gasteiger partial charge in [-0.25, -0.2) is 13.8 Å². The summed E-state index contributed by atoms with van der Waals surface area (Å²) in [6.45, 7) is 1.09. The molecule has 2 N–H and O–H groups in total. The van der Waals surface area contributed by atoms with Gasteiger partial charge in [0.2, 0.25) is 5.88 Å². The number of carboxylic acids is 1. The second-order valence-electron chi connectivity index (χ2n) is 8.57. The number of benzene rings is 2. The van der Waals surface area contributed by atoms with Gasteiger partial charge in [0, 0.05) is 30.1 Å². The molecule has 1 saturated heterocycles. The molecule has 0 spiro atoms. The van der Waals surface area contributed by atoms with Crippen molar-refractivity contribution < 1.29 is 33.3 Å². The standard InChI is InChI=1S/C25H23F2NO5/c26-17-6-4-14(12-18(17)27)21-16-2-1-3-19(29)22(16)24(33-20-7-5-15(20)25(30)31)28-23(21)13-8-10-32-11-9-13/h1-4,6,12-13,15,20,29H,5,7-11H2,(H,30,31).